The number of anilines is 3. The van der Waals surface area contributed by atoms with Crippen LogP contribution in [0.5, 0.6) is 0 Å². The number of nitrogens with one attached hydrogen (secondary N) is 1. The Hall–Kier alpha value is -0.790. The largest absolute Gasteiger partial charge is 0.397 e. The standard InChI is InChI=1S/C12H7Cl2F2IN2/c13-6-1-5(2-7(14)12(6)16)19-11-3-8(15)9(17)4-10(11)18/h1-4,19H,18H2. The second kappa shape index (κ2) is 5.68. The van der Waals surface area contributed by atoms with E-state index in [9.17, 15) is 8.78 Å². The molecule has 7 heteroatoms. The highest BCUT2D eigenvalue weighted by molar-refractivity contribution is 14.1. The third-order valence-corrected chi connectivity index (χ3v) is 3.73. The molecule has 2 aromatic carbocycles. The number of rotatable bonds is 2. The van der Waals surface area contributed by atoms with Crippen LogP contribution in [0.25, 0.3) is 0 Å². The van der Waals surface area contributed by atoms with Crippen LogP contribution in [0.15, 0.2) is 24.3 Å². The predicted molar refractivity (Wildman–Crippen MR) is 83.2 cm³/mol. The van der Waals surface area contributed by atoms with Crippen LogP contribution in [0.4, 0.5) is 25.8 Å². The van der Waals surface area contributed by atoms with Gasteiger partial charge in [0.2, 0.25) is 0 Å². The number of halogens is 5. The molecular weight excluding hydrogens is 408 g/mol. The van der Waals surface area contributed by atoms with E-state index in [0.29, 0.717) is 20.6 Å². The quantitative estimate of drug-likeness (QED) is 0.402. The summed E-state index contributed by atoms with van der Waals surface area (Å²) in [6, 6.07) is 5.43. The molecule has 2 nitrogen and oxygen atoms in total. The van der Waals surface area contributed by atoms with Crippen molar-refractivity contribution in [1.29, 1.82) is 0 Å². The molecule has 0 bridgehead atoms. The van der Waals surface area contributed by atoms with Gasteiger partial charge in [-0.2, -0.15) is 0 Å². The van der Waals surface area contributed by atoms with E-state index >= 15 is 0 Å². The molecule has 0 aliphatic carbocycles. The zero-order chi connectivity index (χ0) is 14.2. The minimum Gasteiger partial charge on any atom is -0.397 e. The lowest BCUT2D eigenvalue weighted by atomic mass is 10.2. The van der Waals surface area contributed by atoms with E-state index in [1.807, 2.05) is 22.6 Å². The topological polar surface area (TPSA) is 38.0 Å². The summed E-state index contributed by atoms with van der Waals surface area (Å²) in [5.74, 6) is -1.10. The molecule has 0 unspecified atom stereocenters. The fourth-order valence-electron chi connectivity index (χ4n) is 1.45. The second-order valence-electron chi connectivity index (χ2n) is 3.73. The normalized spacial score (nSPS) is 10.6. The molecule has 0 heterocycles. The van der Waals surface area contributed by atoms with Gasteiger partial charge in [0.1, 0.15) is 5.82 Å². The van der Waals surface area contributed by atoms with Gasteiger partial charge in [-0.3, -0.25) is 0 Å². The second-order valence-corrected chi connectivity index (χ2v) is 5.71. The third kappa shape index (κ3) is 3.21. The first kappa shape index (κ1) is 14.6. The molecule has 0 saturated heterocycles. The number of benzene rings is 2. The summed E-state index contributed by atoms with van der Waals surface area (Å²) in [6.45, 7) is 0. The van der Waals surface area contributed by atoms with Crippen molar-refractivity contribution in [3.63, 3.8) is 0 Å². The van der Waals surface area contributed by atoms with Gasteiger partial charge in [0.05, 0.1) is 25.0 Å². The average molecular weight is 415 g/mol. The minimum atomic E-state index is -0.698. The van der Waals surface area contributed by atoms with Crippen LogP contribution in [0, 0.1) is 15.2 Å². The van der Waals surface area contributed by atoms with Crippen LogP contribution in [0.1, 0.15) is 0 Å². The van der Waals surface area contributed by atoms with Gasteiger partial charge in [-0.25, -0.2) is 8.78 Å². The van der Waals surface area contributed by atoms with Crippen molar-refractivity contribution in [3.8, 4) is 0 Å². The molecule has 0 aromatic heterocycles. The maximum Gasteiger partial charge on any atom is 0.160 e. The predicted octanol–water partition coefficient (Wildman–Crippen LogP) is 5.20. The van der Waals surface area contributed by atoms with Gasteiger partial charge in [-0.05, 0) is 40.8 Å². The summed E-state index contributed by atoms with van der Waals surface area (Å²) < 4.78 is 27.2. The van der Waals surface area contributed by atoms with Crippen molar-refractivity contribution in [2.24, 2.45) is 0 Å². The van der Waals surface area contributed by atoms with E-state index in [1.165, 1.54) is 24.3 Å². The molecule has 0 radical (unpaired) electrons. The van der Waals surface area contributed by atoms with E-state index in [4.69, 9.17) is 28.9 Å². The number of hydrogen-bond donors (Lipinski definition) is 2. The van der Waals surface area contributed by atoms with Crippen molar-refractivity contribution in [1.82, 2.24) is 0 Å². The molecule has 0 spiro atoms. The summed E-state index contributed by atoms with van der Waals surface area (Å²) in [5, 5.41) is 2.59. The Labute approximate surface area is 132 Å². The molecule has 0 aliphatic rings. The van der Waals surface area contributed by atoms with Crippen LogP contribution in [-0.2, 0) is 0 Å². The highest BCUT2D eigenvalue weighted by Crippen LogP contribution is 2.31. The van der Waals surface area contributed by atoms with Crippen molar-refractivity contribution in [2.45, 2.75) is 0 Å². The third-order valence-electron chi connectivity index (χ3n) is 2.36. The first-order valence-corrected chi connectivity index (χ1v) is 6.88. The maximum absolute atomic E-state index is 13.5. The Morgan fingerprint density at radius 3 is 2.21 bits per heavy atom. The Balaban J connectivity index is 2.39. The van der Waals surface area contributed by atoms with Crippen molar-refractivity contribution >= 4 is 62.9 Å². The minimum absolute atomic E-state index is 0.125. The first-order valence-electron chi connectivity index (χ1n) is 5.04. The highest BCUT2D eigenvalue weighted by Gasteiger charge is 2.10. The van der Waals surface area contributed by atoms with E-state index < -0.39 is 11.6 Å². The van der Waals surface area contributed by atoms with Crippen LogP contribution >= 0.6 is 45.8 Å². The number of nitrogen functional groups attached to an aromatic ring is 1. The van der Waals surface area contributed by atoms with E-state index in [1.54, 1.807) is 0 Å². The molecule has 0 saturated carbocycles. The van der Waals surface area contributed by atoms with Gasteiger partial charge in [-0.15, -0.1) is 0 Å². The Kier molecular flexibility index (Phi) is 4.37. The molecule has 0 atom stereocenters. The van der Waals surface area contributed by atoms with Crippen molar-refractivity contribution < 1.29 is 8.78 Å². The van der Waals surface area contributed by atoms with Gasteiger partial charge < -0.3 is 11.1 Å². The zero-order valence-corrected chi connectivity index (χ0v) is 12.9. The summed E-state index contributed by atoms with van der Waals surface area (Å²) in [6.07, 6.45) is 0. The van der Waals surface area contributed by atoms with Crippen LogP contribution in [-0.4, -0.2) is 0 Å². The maximum atomic E-state index is 13.5. The van der Waals surface area contributed by atoms with Crippen molar-refractivity contribution in [2.75, 3.05) is 11.1 Å². The van der Waals surface area contributed by atoms with Crippen LogP contribution < -0.4 is 11.1 Å². The fraction of sp³-hybridized carbons (Fsp3) is 0. The molecule has 2 aromatic rings. The molecule has 3 N–H and O–H groups in total. The summed E-state index contributed by atoms with van der Waals surface area (Å²) >= 11 is 13.2. The van der Waals surface area contributed by atoms with E-state index in [0.717, 1.165) is 0 Å². The molecule has 0 amide bonds. The highest BCUT2D eigenvalue weighted by atomic mass is 127. The van der Waals surface area contributed by atoms with Gasteiger partial charge in [0.15, 0.2) is 5.82 Å². The van der Waals surface area contributed by atoms with Gasteiger partial charge in [0, 0.05) is 11.8 Å². The SMILES string of the molecule is Nc1cc(I)c(F)cc1Nc1cc(Cl)c(F)c(Cl)c1. The molecule has 0 fully saturated rings. The Morgan fingerprint density at radius 1 is 1.05 bits per heavy atom. The first-order chi connectivity index (χ1) is 8.88. The monoisotopic (exact) mass is 414 g/mol. The number of nitrogens with two attached hydrogens (primary N) is 1. The van der Waals surface area contributed by atoms with E-state index in [2.05, 4.69) is 5.32 Å². The molecule has 2 rings (SSSR count). The summed E-state index contributed by atoms with van der Waals surface area (Å²) in [4.78, 5) is 0. The zero-order valence-electron chi connectivity index (χ0n) is 9.28. The van der Waals surface area contributed by atoms with Crippen molar-refractivity contribution in [3.05, 3.63) is 49.5 Å². The summed E-state index contributed by atoms with van der Waals surface area (Å²) in [7, 11) is 0. The molecule has 19 heavy (non-hydrogen) atoms. The smallest absolute Gasteiger partial charge is 0.160 e. The molecular formula is C12H7Cl2F2IN2. The fourth-order valence-corrected chi connectivity index (χ4v) is 2.43. The lowest BCUT2D eigenvalue weighted by molar-refractivity contribution is 0.621. The average Bonchev–Trinajstić information content (AvgIpc) is 2.33. The Bertz CT molecular complexity index is 627. The van der Waals surface area contributed by atoms with Gasteiger partial charge >= 0.3 is 0 Å². The molecule has 100 valence electrons. The van der Waals surface area contributed by atoms with Crippen LogP contribution in [0.3, 0.4) is 0 Å². The summed E-state index contributed by atoms with van der Waals surface area (Å²) in [5.41, 5.74) is 6.91. The Morgan fingerprint density at radius 2 is 1.63 bits per heavy atom. The number of hydrogen-bond acceptors (Lipinski definition) is 2. The van der Waals surface area contributed by atoms with Gasteiger partial charge in [0.25, 0.3) is 0 Å². The lowest BCUT2D eigenvalue weighted by Gasteiger charge is -2.11. The van der Waals surface area contributed by atoms with Gasteiger partial charge in [-0.1, -0.05) is 23.2 Å². The van der Waals surface area contributed by atoms with Crippen LogP contribution in [0.2, 0.25) is 10.0 Å². The van der Waals surface area contributed by atoms with E-state index in [-0.39, 0.29) is 10.0 Å². The lowest BCUT2D eigenvalue weighted by Crippen LogP contribution is -1.99. The molecule has 0 aliphatic heterocycles.